The molecule has 30 heavy (non-hydrogen) atoms. The highest BCUT2D eigenvalue weighted by molar-refractivity contribution is 7.07. The van der Waals surface area contributed by atoms with E-state index >= 15 is 0 Å². The van der Waals surface area contributed by atoms with Gasteiger partial charge in [-0.25, -0.2) is 0 Å². The maximum Gasteiger partial charge on any atom is 0.299 e. The van der Waals surface area contributed by atoms with Crippen LogP contribution in [0.2, 0.25) is 0 Å². The SMILES string of the molecule is Cc1ccc(-c2nsc(Oc3cc(C)c(CCN(C)CCN(C)C)cc3C)n2)cc1. The number of hydrogen-bond acceptors (Lipinski definition) is 6. The van der Waals surface area contributed by atoms with Crippen molar-refractivity contribution in [2.75, 3.05) is 40.8 Å². The van der Waals surface area contributed by atoms with Crippen LogP contribution in [0.15, 0.2) is 36.4 Å². The molecule has 1 aromatic heterocycles. The van der Waals surface area contributed by atoms with Gasteiger partial charge in [0.05, 0.1) is 0 Å². The zero-order chi connectivity index (χ0) is 21.7. The minimum atomic E-state index is 0.573. The summed E-state index contributed by atoms with van der Waals surface area (Å²) in [5.41, 5.74) is 5.97. The molecule has 0 saturated heterocycles. The Bertz CT molecular complexity index is 966. The third-order valence-corrected chi connectivity index (χ3v) is 5.83. The number of nitrogens with zero attached hydrogens (tertiary/aromatic N) is 4. The summed E-state index contributed by atoms with van der Waals surface area (Å²) in [7, 11) is 6.41. The number of hydrogen-bond donors (Lipinski definition) is 0. The van der Waals surface area contributed by atoms with Gasteiger partial charge in [0.25, 0.3) is 5.19 Å². The second-order valence-corrected chi connectivity index (χ2v) is 8.97. The molecule has 0 bridgehead atoms. The summed E-state index contributed by atoms with van der Waals surface area (Å²) < 4.78 is 10.5. The van der Waals surface area contributed by atoms with Crippen molar-refractivity contribution in [2.24, 2.45) is 0 Å². The first-order valence-electron chi connectivity index (χ1n) is 10.3. The number of benzene rings is 2. The van der Waals surface area contributed by atoms with Crippen molar-refractivity contribution in [3.8, 4) is 22.3 Å². The van der Waals surface area contributed by atoms with Crippen molar-refractivity contribution >= 4 is 11.5 Å². The largest absolute Gasteiger partial charge is 0.430 e. The Morgan fingerprint density at radius 2 is 1.63 bits per heavy atom. The quantitative estimate of drug-likeness (QED) is 0.486. The van der Waals surface area contributed by atoms with Crippen molar-refractivity contribution in [2.45, 2.75) is 27.2 Å². The number of ether oxygens (including phenoxy) is 1. The lowest BCUT2D eigenvalue weighted by Crippen LogP contribution is -2.30. The first kappa shape index (κ1) is 22.4. The van der Waals surface area contributed by atoms with E-state index in [0.29, 0.717) is 11.0 Å². The minimum Gasteiger partial charge on any atom is -0.430 e. The summed E-state index contributed by atoms with van der Waals surface area (Å²) in [6.07, 6.45) is 1.03. The van der Waals surface area contributed by atoms with E-state index < -0.39 is 0 Å². The molecule has 2 aromatic carbocycles. The summed E-state index contributed by atoms with van der Waals surface area (Å²) in [4.78, 5) is 9.17. The normalized spacial score (nSPS) is 11.5. The van der Waals surface area contributed by atoms with Gasteiger partial charge in [-0.15, -0.1) is 0 Å². The summed E-state index contributed by atoms with van der Waals surface area (Å²) in [6, 6.07) is 12.6. The van der Waals surface area contributed by atoms with Gasteiger partial charge in [-0.2, -0.15) is 9.36 Å². The minimum absolute atomic E-state index is 0.573. The van der Waals surface area contributed by atoms with Gasteiger partial charge in [-0.1, -0.05) is 35.9 Å². The fourth-order valence-electron chi connectivity index (χ4n) is 3.19. The predicted octanol–water partition coefficient (Wildman–Crippen LogP) is 4.96. The molecule has 1 heterocycles. The molecule has 0 fully saturated rings. The second kappa shape index (κ2) is 10.2. The highest BCUT2D eigenvalue weighted by Gasteiger charge is 2.12. The zero-order valence-corrected chi connectivity index (χ0v) is 19.7. The van der Waals surface area contributed by atoms with Gasteiger partial charge in [0.2, 0.25) is 0 Å². The van der Waals surface area contributed by atoms with Gasteiger partial charge in [-0.3, -0.25) is 0 Å². The Labute approximate surface area is 184 Å². The molecule has 0 amide bonds. The van der Waals surface area contributed by atoms with Crippen LogP contribution in [-0.4, -0.2) is 59.9 Å². The third-order valence-electron chi connectivity index (χ3n) is 5.24. The average molecular weight is 425 g/mol. The number of rotatable bonds is 9. The van der Waals surface area contributed by atoms with Gasteiger partial charge in [0, 0.05) is 36.7 Å². The lowest BCUT2D eigenvalue weighted by molar-refractivity contribution is 0.284. The predicted molar refractivity (Wildman–Crippen MR) is 126 cm³/mol. The van der Waals surface area contributed by atoms with Gasteiger partial charge >= 0.3 is 0 Å². The first-order chi connectivity index (χ1) is 14.3. The van der Waals surface area contributed by atoms with Crippen LogP contribution in [0.25, 0.3) is 11.4 Å². The Kier molecular flexibility index (Phi) is 7.58. The van der Waals surface area contributed by atoms with Crippen LogP contribution < -0.4 is 4.74 Å². The maximum absolute atomic E-state index is 6.09. The van der Waals surface area contributed by atoms with Crippen molar-refractivity contribution in [1.29, 1.82) is 0 Å². The fraction of sp³-hybridized carbons (Fsp3) is 0.417. The van der Waals surface area contributed by atoms with E-state index in [-0.39, 0.29) is 0 Å². The maximum atomic E-state index is 6.09. The average Bonchev–Trinajstić information content (AvgIpc) is 3.17. The molecule has 0 unspecified atom stereocenters. The molecule has 6 heteroatoms. The van der Waals surface area contributed by atoms with E-state index in [2.05, 4.69) is 85.3 Å². The molecule has 0 aliphatic heterocycles. The van der Waals surface area contributed by atoms with Crippen LogP contribution in [0.1, 0.15) is 22.3 Å². The second-order valence-electron chi connectivity index (χ2n) is 8.25. The molecule has 0 saturated carbocycles. The van der Waals surface area contributed by atoms with E-state index in [0.717, 1.165) is 42.9 Å². The smallest absolute Gasteiger partial charge is 0.299 e. The summed E-state index contributed by atoms with van der Waals surface area (Å²) in [5, 5.41) is 0.573. The van der Waals surface area contributed by atoms with Crippen LogP contribution in [0.4, 0.5) is 0 Å². The van der Waals surface area contributed by atoms with E-state index in [4.69, 9.17) is 4.74 Å². The lowest BCUT2D eigenvalue weighted by Gasteiger charge is -2.20. The molecule has 0 N–H and O–H groups in total. The van der Waals surface area contributed by atoms with Crippen molar-refractivity contribution in [3.63, 3.8) is 0 Å². The topological polar surface area (TPSA) is 41.5 Å². The number of aromatic nitrogens is 2. The monoisotopic (exact) mass is 424 g/mol. The molecule has 0 aliphatic rings. The van der Waals surface area contributed by atoms with E-state index in [9.17, 15) is 0 Å². The number of aryl methyl sites for hydroxylation is 3. The Balaban J connectivity index is 1.65. The molecule has 160 valence electrons. The molecular formula is C24H32N4OS. The van der Waals surface area contributed by atoms with Crippen LogP contribution in [0.5, 0.6) is 10.9 Å². The van der Waals surface area contributed by atoms with Gasteiger partial charge in [-0.05, 0) is 71.1 Å². The molecule has 5 nitrogen and oxygen atoms in total. The van der Waals surface area contributed by atoms with Crippen LogP contribution in [0.3, 0.4) is 0 Å². The molecule has 3 rings (SSSR count). The van der Waals surface area contributed by atoms with Crippen molar-refractivity contribution in [3.05, 3.63) is 58.7 Å². The van der Waals surface area contributed by atoms with Crippen LogP contribution >= 0.6 is 11.5 Å². The van der Waals surface area contributed by atoms with Gasteiger partial charge in [0.15, 0.2) is 5.82 Å². The Morgan fingerprint density at radius 1 is 0.900 bits per heavy atom. The fourth-order valence-corrected chi connectivity index (χ4v) is 3.75. The van der Waals surface area contributed by atoms with E-state index in [1.807, 2.05) is 12.1 Å². The highest BCUT2D eigenvalue weighted by Crippen LogP contribution is 2.31. The Hall–Kier alpha value is -2.28. The van der Waals surface area contributed by atoms with E-state index in [1.165, 1.54) is 28.2 Å². The first-order valence-corrected chi connectivity index (χ1v) is 11.1. The van der Waals surface area contributed by atoms with Gasteiger partial charge in [0.1, 0.15) is 5.75 Å². The molecule has 0 aliphatic carbocycles. The van der Waals surface area contributed by atoms with Crippen LogP contribution in [0, 0.1) is 20.8 Å². The number of likely N-dealkylation sites (N-methyl/N-ethyl adjacent to an activating group) is 2. The lowest BCUT2D eigenvalue weighted by atomic mass is 10.0. The molecular weight excluding hydrogens is 392 g/mol. The molecule has 0 radical (unpaired) electrons. The zero-order valence-electron chi connectivity index (χ0n) is 18.9. The summed E-state index contributed by atoms with van der Waals surface area (Å²) >= 11 is 1.29. The highest BCUT2D eigenvalue weighted by atomic mass is 32.1. The van der Waals surface area contributed by atoms with Crippen LogP contribution in [-0.2, 0) is 6.42 Å². The van der Waals surface area contributed by atoms with E-state index in [1.54, 1.807) is 0 Å². The summed E-state index contributed by atoms with van der Waals surface area (Å²) in [6.45, 7) is 9.52. The molecule has 0 atom stereocenters. The molecule has 3 aromatic rings. The third kappa shape index (κ3) is 6.11. The van der Waals surface area contributed by atoms with Crippen molar-refractivity contribution < 1.29 is 4.74 Å². The Morgan fingerprint density at radius 3 is 2.33 bits per heavy atom. The standard InChI is InChI=1S/C24H32N4OS/c1-17-7-9-20(10-8-17)23-25-24(30-26-23)29-22-16-18(2)21(15-19(22)3)11-12-28(6)14-13-27(4)5/h7-10,15-16H,11-14H2,1-6H3. The molecule has 0 spiro atoms. The van der Waals surface area contributed by atoms with Gasteiger partial charge < -0.3 is 14.5 Å². The summed E-state index contributed by atoms with van der Waals surface area (Å²) in [5.74, 6) is 1.56. The van der Waals surface area contributed by atoms with Crippen molar-refractivity contribution in [1.82, 2.24) is 19.2 Å².